The molecule has 5 rings (SSSR count). The number of likely N-dealkylation sites (tertiary alicyclic amines) is 1. The van der Waals surface area contributed by atoms with E-state index in [9.17, 15) is 14.7 Å². The maximum Gasteiger partial charge on any atom is 0.295 e. The number of aryl methyl sites for hydroxylation is 1. The summed E-state index contributed by atoms with van der Waals surface area (Å²) < 4.78 is 11.3. The number of amides is 1. The molecule has 0 spiro atoms. The summed E-state index contributed by atoms with van der Waals surface area (Å²) in [7, 11) is 0. The number of aliphatic hydroxyl groups is 1. The molecule has 0 aliphatic carbocycles. The van der Waals surface area contributed by atoms with Crippen LogP contribution in [0.5, 0.6) is 5.75 Å². The van der Waals surface area contributed by atoms with Gasteiger partial charge in [0.2, 0.25) is 0 Å². The van der Waals surface area contributed by atoms with Crippen LogP contribution in [0.15, 0.2) is 84.4 Å². The molecule has 0 radical (unpaired) electrons. The van der Waals surface area contributed by atoms with E-state index < -0.39 is 17.7 Å². The fourth-order valence-electron chi connectivity index (χ4n) is 5.22. The van der Waals surface area contributed by atoms with Gasteiger partial charge in [-0.15, -0.1) is 0 Å². The van der Waals surface area contributed by atoms with Crippen LogP contribution >= 0.6 is 0 Å². The van der Waals surface area contributed by atoms with Crippen LogP contribution in [-0.2, 0) is 20.9 Å². The van der Waals surface area contributed by atoms with Gasteiger partial charge < -0.3 is 19.5 Å². The zero-order chi connectivity index (χ0) is 27.2. The molecule has 7 heteroatoms. The van der Waals surface area contributed by atoms with Gasteiger partial charge in [0, 0.05) is 31.7 Å². The third-order valence-electron chi connectivity index (χ3n) is 7.25. The summed E-state index contributed by atoms with van der Waals surface area (Å²) in [5.41, 5.74) is 3.61. The second-order valence-corrected chi connectivity index (χ2v) is 10.0. The first-order valence-corrected chi connectivity index (χ1v) is 13.4. The molecule has 3 aromatic carbocycles. The standard InChI is InChI=1S/C32H34N2O5/c1-23-7-5-8-24(21-23)22-39-27-13-11-26(12-14-27)30(35)28-29(25-9-3-2-4-10-25)34(32(37)31(28)36)16-6-15-33-17-19-38-20-18-33/h2-5,7-14,21,29,35H,6,15-20,22H2,1H3/b30-28-. The molecule has 1 amide bonds. The number of morpholine rings is 1. The van der Waals surface area contributed by atoms with Crippen molar-refractivity contribution in [3.63, 3.8) is 0 Å². The maximum absolute atomic E-state index is 13.3. The first-order chi connectivity index (χ1) is 19.0. The van der Waals surface area contributed by atoms with Crippen molar-refractivity contribution < 1.29 is 24.2 Å². The van der Waals surface area contributed by atoms with Crippen LogP contribution in [0.1, 0.15) is 34.7 Å². The fourth-order valence-corrected chi connectivity index (χ4v) is 5.22. The molecule has 1 unspecified atom stereocenters. The van der Waals surface area contributed by atoms with Crippen molar-refractivity contribution in [2.24, 2.45) is 0 Å². The average molecular weight is 527 g/mol. The molecular weight excluding hydrogens is 492 g/mol. The quantitative estimate of drug-likeness (QED) is 0.247. The minimum Gasteiger partial charge on any atom is -0.507 e. The van der Waals surface area contributed by atoms with Crippen molar-refractivity contribution in [3.8, 4) is 5.75 Å². The molecule has 202 valence electrons. The van der Waals surface area contributed by atoms with Crippen LogP contribution in [0.2, 0.25) is 0 Å². The van der Waals surface area contributed by atoms with E-state index in [1.165, 1.54) is 5.56 Å². The number of aliphatic hydroxyl groups excluding tert-OH is 1. The zero-order valence-electron chi connectivity index (χ0n) is 22.2. The summed E-state index contributed by atoms with van der Waals surface area (Å²) in [6.45, 7) is 6.86. The van der Waals surface area contributed by atoms with E-state index in [1.807, 2.05) is 55.5 Å². The highest BCUT2D eigenvalue weighted by atomic mass is 16.5. The van der Waals surface area contributed by atoms with Crippen molar-refractivity contribution in [2.75, 3.05) is 39.4 Å². The molecule has 39 heavy (non-hydrogen) atoms. The van der Waals surface area contributed by atoms with E-state index in [0.717, 1.165) is 37.2 Å². The maximum atomic E-state index is 13.3. The van der Waals surface area contributed by atoms with Crippen molar-refractivity contribution in [1.29, 1.82) is 0 Å². The van der Waals surface area contributed by atoms with Crippen molar-refractivity contribution in [3.05, 3.63) is 107 Å². The number of Topliss-reactive ketones (excluding diaryl/α,β-unsaturated/α-hetero) is 1. The van der Waals surface area contributed by atoms with Gasteiger partial charge in [0.1, 0.15) is 18.1 Å². The molecule has 2 fully saturated rings. The molecule has 3 aromatic rings. The Morgan fingerprint density at radius 2 is 1.69 bits per heavy atom. The number of carbonyl (C=O) groups excluding carboxylic acids is 2. The number of hydrogen-bond acceptors (Lipinski definition) is 6. The minimum absolute atomic E-state index is 0.117. The van der Waals surface area contributed by atoms with Gasteiger partial charge in [-0.1, -0.05) is 60.2 Å². The van der Waals surface area contributed by atoms with Crippen molar-refractivity contribution >= 4 is 17.4 Å². The molecule has 0 aromatic heterocycles. The van der Waals surface area contributed by atoms with Crippen molar-refractivity contribution in [1.82, 2.24) is 9.80 Å². The molecule has 1 atom stereocenters. The molecular formula is C32H34N2O5. The molecule has 2 heterocycles. The minimum atomic E-state index is -0.660. The van der Waals surface area contributed by atoms with Crippen molar-refractivity contribution in [2.45, 2.75) is 26.0 Å². The first-order valence-electron chi connectivity index (χ1n) is 13.4. The lowest BCUT2D eigenvalue weighted by molar-refractivity contribution is -0.140. The van der Waals surface area contributed by atoms with E-state index in [1.54, 1.807) is 29.2 Å². The Morgan fingerprint density at radius 1 is 0.949 bits per heavy atom. The lowest BCUT2D eigenvalue weighted by Crippen LogP contribution is -2.38. The highest BCUT2D eigenvalue weighted by Crippen LogP contribution is 2.39. The SMILES string of the molecule is Cc1cccc(COc2ccc(/C(O)=C3/C(=O)C(=O)N(CCCN4CCOCC4)C3c3ccccc3)cc2)c1. The van der Waals surface area contributed by atoms with Gasteiger partial charge in [-0.05, 0) is 48.7 Å². The highest BCUT2D eigenvalue weighted by molar-refractivity contribution is 6.46. The molecule has 0 bridgehead atoms. The largest absolute Gasteiger partial charge is 0.507 e. The first kappa shape index (κ1) is 26.7. The Kier molecular flexibility index (Phi) is 8.39. The van der Waals surface area contributed by atoms with Crippen LogP contribution in [-0.4, -0.2) is 66.0 Å². The molecule has 2 aliphatic rings. The van der Waals surface area contributed by atoms with Crippen LogP contribution in [0.25, 0.3) is 5.76 Å². The number of hydrogen-bond donors (Lipinski definition) is 1. The predicted octanol–water partition coefficient (Wildman–Crippen LogP) is 4.72. The van der Waals surface area contributed by atoms with Gasteiger partial charge >= 0.3 is 0 Å². The fraction of sp³-hybridized carbons (Fsp3) is 0.312. The number of ketones is 1. The number of rotatable bonds is 9. The summed E-state index contributed by atoms with van der Waals surface area (Å²) in [6.07, 6.45) is 0.726. The molecule has 1 N–H and O–H groups in total. The Hall–Kier alpha value is -3.94. The lowest BCUT2D eigenvalue weighted by atomic mass is 9.95. The summed E-state index contributed by atoms with van der Waals surface area (Å²) >= 11 is 0. The van der Waals surface area contributed by atoms with E-state index in [2.05, 4.69) is 11.0 Å². The second-order valence-electron chi connectivity index (χ2n) is 10.0. The van der Waals surface area contributed by atoms with Gasteiger partial charge in [-0.25, -0.2) is 0 Å². The Bertz CT molecular complexity index is 1330. The highest BCUT2D eigenvalue weighted by Gasteiger charge is 2.45. The van der Waals surface area contributed by atoms with E-state index in [0.29, 0.717) is 37.7 Å². The van der Waals surface area contributed by atoms with Crippen LogP contribution in [0.3, 0.4) is 0 Å². The van der Waals surface area contributed by atoms with Gasteiger partial charge in [-0.3, -0.25) is 14.5 Å². The Balaban J connectivity index is 1.36. The van der Waals surface area contributed by atoms with Gasteiger partial charge in [-0.2, -0.15) is 0 Å². The normalized spacial score (nSPS) is 19.4. The van der Waals surface area contributed by atoms with Crippen LogP contribution < -0.4 is 4.74 Å². The monoisotopic (exact) mass is 526 g/mol. The van der Waals surface area contributed by atoms with Crippen LogP contribution in [0.4, 0.5) is 0 Å². The van der Waals surface area contributed by atoms with Gasteiger partial charge in [0.15, 0.2) is 0 Å². The van der Waals surface area contributed by atoms with E-state index in [4.69, 9.17) is 9.47 Å². The smallest absolute Gasteiger partial charge is 0.295 e. The average Bonchev–Trinajstić information content (AvgIpc) is 3.22. The molecule has 2 aliphatic heterocycles. The summed E-state index contributed by atoms with van der Waals surface area (Å²) in [4.78, 5) is 30.4. The van der Waals surface area contributed by atoms with Gasteiger partial charge in [0.25, 0.3) is 11.7 Å². The van der Waals surface area contributed by atoms with E-state index >= 15 is 0 Å². The van der Waals surface area contributed by atoms with Gasteiger partial charge in [0.05, 0.1) is 24.8 Å². The number of ether oxygens (including phenoxy) is 2. The molecule has 2 saturated heterocycles. The predicted molar refractivity (Wildman–Crippen MR) is 149 cm³/mol. The van der Waals surface area contributed by atoms with Crippen LogP contribution in [0, 0.1) is 6.92 Å². The number of nitrogens with zero attached hydrogens (tertiary/aromatic N) is 2. The third kappa shape index (κ3) is 6.21. The number of carbonyl (C=O) groups is 2. The second kappa shape index (κ2) is 12.3. The Labute approximate surface area is 229 Å². The zero-order valence-corrected chi connectivity index (χ0v) is 22.2. The molecule has 0 saturated carbocycles. The Morgan fingerprint density at radius 3 is 2.41 bits per heavy atom. The summed E-state index contributed by atoms with van der Waals surface area (Å²) in [6, 6.07) is 23.9. The topological polar surface area (TPSA) is 79.3 Å². The van der Waals surface area contributed by atoms with E-state index in [-0.39, 0.29) is 11.3 Å². The molecule has 7 nitrogen and oxygen atoms in total. The lowest BCUT2D eigenvalue weighted by Gasteiger charge is -2.29. The number of benzene rings is 3. The summed E-state index contributed by atoms with van der Waals surface area (Å²) in [5.74, 6) is -0.766. The summed E-state index contributed by atoms with van der Waals surface area (Å²) in [5, 5.41) is 11.3. The third-order valence-corrected chi connectivity index (χ3v) is 7.25.